The summed E-state index contributed by atoms with van der Waals surface area (Å²) in [4.78, 5) is 4.25. The SMILES string of the molecule is OC(CCCCOc1ccccc1)(c1cccnc1)C1CCCCC1. The Morgan fingerprint density at radius 2 is 1.80 bits per heavy atom. The summed E-state index contributed by atoms with van der Waals surface area (Å²) in [5.41, 5.74) is 0.229. The molecule has 0 bridgehead atoms. The Morgan fingerprint density at radius 3 is 2.52 bits per heavy atom. The second kappa shape index (κ2) is 9.00. The van der Waals surface area contributed by atoms with Gasteiger partial charge in [-0.2, -0.15) is 0 Å². The molecule has 0 saturated heterocycles. The van der Waals surface area contributed by atoms with Crippen LogP contribution in [0.3, 0.4) is 0 Å². The fourth-order valence-electron chi connectivity index (χ4n) is 3.99. The molecule has 0 amide bonds. The highest BCUT2D eigenvalue weighted by molar-refractivity contribution is 5.21. The zero-order valence-electron chi connectivity index (χ0n) is 14.9. The molecule has 3 nitrogen and oxygen atoms in total. The molecule has 1 heterocycles. The molecule has 0 aliphatic heterocycles. The fourth-order valence-corrected chi connectivity index (χ4v) is 3.99. The van der Waals surface area contributed by atoms with Crippen molar-refractivity contribution >= 4 is 0 Å². The molecule has 1 N–H and O–H groups in total. The predicted octanol–water partition coefficient (Wildman–Crippen LogP) is 5.10. The molecule has 3 rings (SSSR count). The maximum atomic E-state index is 11.5. The Hall–Kier alpha value is -1.87. The van der Waals surface area contributed by atoms with E-state index in [1.165, 1.54) is 19.3 Å². The molecule has 1 fully saturated rings. The molecule has 1 aliphatic carbocycles. The van der Waals surface area contributed by atoms with Gasteiger partial charge in [-0.3, -0.25) is 4.98 Å². The minimum absolute atomic E-state index is 0.348. The lowest BCUT2D eigenvalue weighted by molar-refractivity contribution is -0.0486. The van der Waals surface area contributed by atoms with Gasteiger partial charge in [0.1, 0.15) is 5.75 Å². The summed E-state index contributed by atoms with van der Waals surface area (Å²) in [6.45, 7) is 0.692. The highest BCUT2D eigenvalue weighted by atomic mass is 16.5. The Morgan fingerprint density at radius 1 is 1.00 bits per heavy atom. The van der Waals surface area contributed by atoms with Crippen LogP contribution in [0.2, 0.25) is 0 Å². The molecule has 1 aromatic carbocycles. The van der Waals surface area contributed by atoms with Crippen LogP contribution < -0.4 is 4.74 Å². The molecule has 1 aromatic heterocycles. The van der Waals surface area contributed by atoms with Crippen LogP contribution in [0.4, 0.5) is 0 Å². The minimum atomic E-state index is -0.749. The number of aromatic nitrogens is 1. The van der Waals surface area contributed by atoms with Crippen molar-refractivity contribution < 1.29 is 9.84 Å². The average Bonchev–Trinajstić information content (AvgIpc) is 2.70. The van der Waals surface area contributed by atoms with Crippen LogP contribution in [0.15, 0.2) is 54.9 Å². The maximum absolute atomic E-state index is 11.5. The van der Waals surface area contributed by atoms with Crippen molar-refractivity contribution in [2.24, 2.45) is 5.92 Å². The monoisotopic (exact) mass is 339 g/mol. The Bertz CT molecular complexity index is 610. The van der Waals surface area contributed by atoms with Gasteiger partial charge in [-0.25, -0.2) is 0 Å². The smallest absolute Gasteiger partial charge is 0.119 e. The van der Waals surface area contributed by atoms with E-state index in [-0.39, 0.29) is 0 Å². The molecule has 2 aromatic rings. The third-order valence-corrected chi connectivity index (χ3v) is 5.41. The standard InChI is InChI=1S/C22H29NO2/c24-22(19-10-3-1-4-11-19,20-12-9-16-23-18-20)15-7-8-17-25-21-13-5-2-6-14-21/h2,5-6,9,12-14,16,18-19,24H,1,3-4,7-8,10-11,15,17H2. The molecule has 1 unspecified atom stereocenters. The topological polar surface area (TPSA) is 42.4 Å². The molecule has 1 saturated carbocycles. The second-order valence-electron chi connectivity index (χ2n) is 7.12. The van der Waals surface area contributed by atoms with Crippen molar-refractivity contribution in [3.05, 3.63) is 60.4 Å². The summed E-state index contributed by atoms with van der Waals surface area (Å²) in [7, 11) is 0. The quantitative estimate of drug-likeness (QED) is 0.680. The summed E-state index contributed by atoms with van der Waals surface area (Å²) in [6, 6.07) is 13.9. The highest BCUT2D eigenvalue weighted by Crippen LogP contribution is 2.42. The van der Waals surface area contributed by atoms with Crippen LogP contribution in [0, 0.1) is 5.92 Å². The first kappa shape index (κ1) is 17.9. The first-order chi connectivity index (χ1) is 12.3. The van der Waals surface area contributed by atoms with E-state index in [0.717, 1.165) is 43.4 Å². The van der Waals surface area contributed by atoms with E-state index in [1.54, 1.807) is 6.20 Å². The number of para-hydroxylation sites is 1. The molecule has 0 spiro atoms. The van der Waals surface area contributed by atoms with E-state index < -0.39 is 5.60 Å². The third kappa shape index (κ3) is 4.82. The Balaban J connectivity index is 1.56. The van der Waals surface area contributed by atoms with Crippen molar-refractivity contribution in [2.45, 2.75) is 57.0 Å². The number of pyridine rings is 1. The predicted molar refractivity (Wildman–Crippen MR) is 100 cm³/mol. The number of aliphatic hydroxyl groups is 1. The van der Waals surface area contributed by atoms with E-state index in [2.05, 4.69) is 4.98 Å². The van der Waals surface area contributed by atoms with Crippen molar-refractivity contribution in [1.29, 1.82) is 0 Å². The van der Waals surface area contributed by atoms with E-state index in [4.69, 9.17) is 4.74 Å². The summed E-state index contributed by atoms with van der Waals surface area (Å²) in [5, 5.41) is 11.5. The number of hydrogen-bond acceptors (Lipinski definition) is 3. The largest absolute Gasteiger partial charge is 0.494 e. The summed E-state index contributed by atoms with van der Waals surface area (Å²) in [6.07, 6.45) is 12.3. The first-order valence-electron chi connectivity index (χ1n) is 9.60. The second-order valence-corrected chi connectivity index (χ2v) is 7.12. The number of hydrogen-bond donors (Lipinski definition) is 1. The lowest BCUT2D eigenvalue weighted by atomic mass is 9.71. The zero-order chi connectivity index (χ0) is 17.4. The van der Waals surface area contributed by atoms with Gasteiger partial charge in [-0.1, -0.05) is 43.5 Å². The van der Waals surface area contributed by atoms with Crippen molar-refractivity contribution in [3.63, 3.8) is 0 Å². The van der Waals surface area contributed by atoms with Crippen LogP contribution in [0.1, 0.15) is 56.9 Å². The Kier molecular flexibility index (Phi) is 6.46. The zero-order valence-corrected chi connectivity index (χ0v) is 14.9. The van der Waals surface area contributed by atoms with Crippen LogP contribution in [-0.2, 0) is 5.60 Å². The molecular weight excluding hydrogens is 310 g/mol. The van der Waals surface area contributed by atoms with Crippen LogP contribution in [0.5, 0.6) is 5.75 Å². The van der Waals surface area contributed by atoms with Crippen LogP contribution in [-0.4, -0.2) is 16.7 Å². The van der Waals surface area contributed by atoms with Crippen molar-refractivity contribution in [1.82, 2.24) is 4.98 Å². The van der Waals surface area contributed by atoms with E-state index in [0.29, 0.717) is 12.5 Å². The summed E-state index contributed by atoms with van der Waals surface area (Å²) in [5.74, 6) is 1.26. The number of nitrogens with zero attached hydrogens (tertiary/aromatic N) is 1. The summed E-state index contributed by atoms with van der Waals surface area (Å²) >= 11 is 0. The highest BCUT2D eigenvalue weighted by Gasteiger charge is 2.38. The van der Waals surface area contributed by atoms with Crippen LogP contribution in [0.25, 0.3) is 0 Å². The van der Waals surface area contributed by atoms with E-state index in [9.17, 15) is 5.11 Å². The van der Waals surface area contributed by atoms with Gasteiger partial charge in [-0.15, -0.1) is 0 Å². The number of benzene rings is 1. The van der Waals surface area contributed by atoms with Gasteiger partial charge in [0.25, 0.3) is 0 Å². The number of ether oxygens (including phenoxy) is 1. The van der Waals surface area contributed by atoms with Gasteiger partial charge in [0.15, 0.2) is 0 Å². The van der Waals surface area contributed by atoms with Crippen LogP contribution >= 0.6 is 0 Å². The normalized spacial score (nSPS) is 17.8. The number of rotatable bonds is 8. The molecule has 1 aliphatic rings. The minimum Gasteiger partial charge on any atom is -0.494 e. The first-order valence-corrected chi connectivity index (χ1v) is 9.60. The van der Waals surface area contributed by atoms with Crippen molar-refractivity contribution in [2.75, 3.05) is 6.61 Å². The Labute approximate surface area is 151 Å². The van der Waals surface area contributed by atoms with Gasteiger partial charge in [0.2, 0.25) is 0 Å². The van der Waals surface area contributed by atoms with E-state index >= 15 is 0 Å². The lowest BCUT2D eigenvalue weighted by Crippen LogP contribution is -2.36. The molecular formula is C22H29NO2. The molecule has 3 heteroatoms. The molecule has 25 heavy (non-hydrogen) atoms. The van der Waals surface area contributed by atoms with Gasteiger partial charge < -0.3 is 9.84 Å². The van der Waals surface area contributed by atoms with Gasteiger partial charge in [0, 0.05) is 18.0 Å². The molecule has 1 atom stereocenters. The molecule has 134 valence electrons. The van der Waals surface area contributed by atoms with Crippen molar-refractivity contribution in [3.8, 4) is 5.75 Å². The third-order valence-electron chi connectivity index (χ3n) is 5.41. The van der Waals surface area contributed by atoms with Gasteiger partial charge in [-0.05, 0) is 56.2 Å². The fraction of sp³-hybridized carbons (Fsp3) is 0.500. The summed E-state index contributed by atoms with van der Waals surface area (Å²) < 4.78 is 5.78. The maximum Gasteiger partial charge on any atom is 0.119 e. The number of unbranched alkanes of at least 4 members (excludes halogenated alkanes) is 1. The van der Waals surface area contributed by atoms with Gasteiger partial charge >= 0.3 is 0 Å². The lowest BCUT2D eigenvalue weighted by Gasteiger charge is -2.39. The van der Waals surface area contributed by atoms with E-state index in [1.807, 2.05) is 48.7 Å². The van der Waals surface area contributed by atoms with Gasteiger partial charge in [0.05, 0.1) is 12.2 Å². The molecule has 0 radical (unpaired) electrons. The average molecular weight is 339 g/mol.